The maximum Gasteiger partial charge on any atom is 0.326 e. The van der Waals surface area contributed by atoms with Crippen molar-refractivity contribution in [3.63, 3.8) is 0 Å². The first-order chi connectivity index (χ1) is 12.0. The molecular formula is C18H23N3O3S. The summed E-state index contributed by atoms with van der Waals surface area (Å²) in [6, 6.07) is 7.01. The van der Waals surface area contributed by atoms with Gasteiger partial charge in [-0.1, -0.05) is 19.1 Å². The van der Waals surface area contributed by atoms with E-state index in [0.717, 1.165) is 23.3 Å². The van der Waals surface area contributed by atoms with Crippen LogP contribution in [0, 0.1) is 5.92 Å². The van der Waals surface area contributed by atoms with Crippen LogP contribution in [0.3, 0.4) is 0 Å². The van der Waals surface area contributed by atoms with Gasteiger partial charge >= 0.3 is 5.97 Å². The fourth-order valence-corrected chi connectivity index (χ4v) is 3.92. The molecule has 2 aromatic rings. The molecule has 3 rings (SSSR count). The molecule has 2 atom stereocenters. The van der Waals surface area contributed by atoms with Crippen molar-refractivity contribution < 1.29 is 14.7 Å². The first-order valence-electron chi connectivity index (χ1n) is 8.46. The number of likely N-dealkylation sites (tertiary alicyclic amines) is 1. The van der Waals surface area contributed by atoms with Crippen molar-refractivity contribution in [2.75, 3.05) is 12.8 Å². The van der Waals surface area contributed by atoms with E-state index in [9.17, 15) is 14.7 Å². The lowest BCUT2D eigenvalue weighted by Gasteiger charge is -2.36. The predicted octanol–water partition coefficient (Wildman–Crippen LogP) is 2.61. The van der Waals surface area contributed by atoms with E-state index in [4.69, 9.17) is 0 Å². The molecule has 0 bridgehead atoms. The lowest BCUT2D eigenvalue weighted by Crippen LogP contribution is -2.50. The number of imidazole rings is 1. The van der Waals surface area contributed by atoms with Crippen LogP contribution in [-0.4, -0.2) is 50.3 Å². The third-order valence-corrected chi connectivity index (χ3v) is 5.32. The average molecular weight is 361 g/mol. The molecule has 25 heavy (non-hydrogen) atoms. The van der Waals surface area contributed by atoms with E-state index in [2.05, 4.69) is 4.98 Å². The smallest absolute Gasteiger partial charge is 0.326 e. The van der Waals surface area contributed by atoms with Gasteiger partial charge in [0.2, 0.25) is 5.91 Å². The summed E-state index contributed by atoms with van der Waals surface area (Å²) in [5.41, 5.74) is 1.78. The molecule has 1 aliphatic heterocycles. The summed E-state index contributed by atoms with van der Waals surface area (Å²) in [7, 11) is 0. The number of piperidine rings is 1. The molecule has 1 aliphatic rings. The topological polar surface area (TPSA) is 75.4 Å². The molecule has 1 aromatic heterocycles. The van der Waals surface area contributed by atoms with Crippen molar-refractivity contribution >= 4 is 34.7 Å². The summed E-state index contributed by atoms with van der Waals surface area (Å²) in [6.07, 6.45) is 3.36. The van der Waals surface area contributed by atoms with Gasteiger partial charge in [-0.3, -0.25) is 4.79 Å². The minimum atomic E-state index is -0.917. The Morgan fingerprint density at radius 3 is 2.84 bits per heavy atom. The van der Waals surface area contributed by atoms with Crippen molar-refractivity contribution in [3.05, 3.63) is 30.1 Å². The van der Waals surface area contributed by atoms with Gasteiger partial charge < -0.3 is 14.6 Å². The number of amides is 1. The van der Waals surface area contributed by atoms with Gasteiger partial charge in [0, 0.05) is 6.54 Å². The van der Waals surface area contributed by atoms with E-state index in [1.54, 1.807) is 11.8 Å². The number of benzene rings is 1. The zero-order chi connectivity index (χ0) is 18.0. The molecule has 1 N–H and O–H groups in total. The summed E-state index contributed by atoms with van der Waals surface area (Å²) in [4.78, 5) is 30.6. The normalized spacial score (nSPS) is 20.8. The van der Waals surface area contributed by atoms with Crippen molar-refractivity contribution in [1.82, 2.24) is 14.5 Å². The van der Waals surface area contributed by atoms with Crippen molar-refractivity contribution in [2.24, 2.45) is 5.92 Å². The van der Waals surface area contributed by atoms with Gasteiger partial charge in [0.25, 0.3) is 0 Å². The molecule has 134 valence electrons. The molecule has 2 heterocycles. The van der Waals surface area contributed by atoms with Crippen LogP contribution in [0.25, 0.3) is 11.0 Å². The lowest BCUT2D eigenvalue weighted by atomic mass is 9.92. The van der Waals surface area contributed by atoms with Crippen molar-refractivity contribution in [1.29, 1.82) is 0 Å². The number of fused-ring (bicyclic) bond motifs is 1. The van der Waals surface area contributed by atoms with Gasteiger partial charge in [-0.25, -0.2) is 9.78 Å². The number of hydrogen-bond acceptors (Lipinski definition) is 4. The monoisotopic (exact) mass is 361 g/mol. The second-order valence-corrected chi connectivity index (χ2v) is 7.47. The third kappa shape index (κ3) is 3.66. The maximum absolute atomic E-state index is 12.9. The van der Waals surface area contributed by atoms with Crippen LogP contribution < -0.4 is 0 Å². The molecule has 1 fully saturated rings. The third-order valence-electron chi connectivity index (χ3n) is 4.77. The number of rotatable bonds is 5. The van der Waals surface area contributed by atoms with Crippen LogP contribution in [0.2, 0.25) is 0 Å². The zero-order valence-electron chi connectivity index (χ0n) is 14.5. The molecule has 2 unspecified atom stereocenters. The Labute approximate surface area is 151 Å². The van der Waals surface area contributed by atoms with Crippen LogP contribution in [0.5, 0.6) is 0 Å². The molecule has 0 saturated carbocycles. The second kappa shape index (κ2) is 7.47. The number of aliphatic carboxylic acids is 1. The van der Waals surface area contributed by atoms with Crippen LogP contribution in [0.4, 0.5) is 0 Å². The lowest BCUT2D eigenvalue weighted by molar-refractivity contribution is -0.153. The number of nitrogens with zero attached hydrogens (tertiary/aromatic N) is 3. The van der Waals surface area contributed by atoms with Crippen molar-refractivity contribution in [3.8, 4) is 0 Å². The summed E-state index contributed by atoms with van der Waals surface area (Å²) in [5.74, 6) is 0.816. The van der Waals surface area contributed by atoms with E-state index in [-0.39, 0.29) is 12.5 Å². The van der Waals surface area contributed by atoms with E-state index in [1.807, 2.05) is 42.0 Å². The number of carboxylic acids is 1. The van der Waals surface area contributed by atoms with Crippen LogP contribution in [-0.2, 0) is 21.9 Å². The highest BCUT2D eigenvalue weighted by molar-refractivity contribution is 7.97. The van der Waals surface area contributed by atoms with Gasteiger partial charge in [-0.15, -0.1) is 0 Å². The first kappa shape index (κ1) is 17.8. The summed E-state index contributed by atoms with van der Waals surface area (Å²) >= 11 is 1.65. The zero-order valence-corrected chi connectivity index (χ0v) is 15.3. The quantitative estimate of drug-likeness (QED) is 0.886. The fourth-order valence-electron chi connectivity index (χ4n) is 3.44. The average Bonchev–Trinajstić information content (AvgIpc) is 2.92. The Hall–Kier alpha value is -2.02. The Morgan fingerprint density at radius 2 is 2.12 bits per heavy atom. The largest absolute Gasteiger partial charge is 0.480 e. The molecule has 1 amide bonds. The Morgan fingerprint density at radius 1 is 1.36 bits per heavy atom. The molecule has 0 spiro atoms. The van der Waals surface area contributed by atoms with Gasteiger partial charge in [-0.2, -0.15) is 11.8 Å². The van der Waals surface area contributed by atoms with Gasteiger partial charge in [-0.05, 0) is 37.1 Å². The summed E-state index contributed by atoms with van der Waals surface area (Å²) in [6.45, 7) is 2.67. The van der Waals surface area contributed by atoms with E-state index in [1.165, 1.54) is 4.90 Å². The van der Waals surface area contributed by atoms with Gasteiger partial charge in [0.15, 0.2) is 0 Å². The first-order valence-corrected chi connectivity index (χ1v) is 9.86. The minimum Gasteiger partial charge on any atom is -0.480 e. The van der Waals surface area contributed by atoms with Crippen LogP contribution in [0.1, 0.15) is 25.6 Å². The number of carbonyl (C=O) groups excluding carboxylic acids is 1. The molecule has 1 saturated heterocycles. The fraction of sp³-hybridized carbons (Fsp3) is 0.500. The molecule has 0 aliphatic carbocycles. The van der Waals surface area contributed by atoms with Gasteiger partial charge in [0.05, 0.1) is 16.8 Å². The second-order valence-electron chi connectivity index (χ2n) is 6.61. The summed E-state index contributed by atoms with van der Waals surface area (Å²) in [5, 5.41) is 9.50. The van der Waals surface area contributed by atoms with Crippen LogP contribution >= 0.6 is 11.8 Å². The highest BCUT2D eigenvalue weighted by atomic mass is 32.2. The van der Waals surface area contributed by atoms with Crippen molar-refractivity contribution in [2.45, 2.75) is 38.1 Å². The SMILES string of the molecule is CSCc1nc2ccccc2n1CC(=O)N1CCC(C)CC1C(=O)O. The van der Waals surface area contributed by atoms with E-state index < -0.39 is 12.0 Å². The summed E-state index contributed by atoms with van der Waals surface area (Å²) < 4.78 is 1.92. The highest BCUT2D eigenvalue weighted by Gasteiger charge is 2.35. The highest BCUT2D eigenvalue weighted by Crippen LogP contribution is 2.24. The predicted molar refractivity (Wildman–Crippen MR) is 98.5 cm³/mol. The van der Waals surface area contributed by atoms with E-state index in [0.29, 0.717) is 24.6 Å². The number of para-hydroxylation sites is 2. The number of aromatic nitrogens is 2. The number of thioether (sulfide) groups is 1. The number of hydrogen-bond donors (Lipinski definition) is 1. The van der Waals surface area contributed by atoms with Crippen LogP contribution in [0.15, 0.2) is 24.3 Å². The molecule has 1 aromatic carbocycles. The van der Waals surface area contributed by atoms with Gasteiger partial charge in [0.1, 0.15) is 18.4 Å². The Bertz CT molecular complexity index is 789. The molecule has 0 radical (unpaired) electrons. The Kier molecular flexibility index (Phi) is 5.32. The number of carbonyl (C=O) groups is 2. The molecular weight excluding hydrogens is 338 g/mol. The standard InChI is InChI=1S/C18H23N3O3S/c1-12-7-8-20(15(9-12)18(23)24)17(22)10-21-14-6-4-3-5-13(14)19-16(21)11-25-2/h3-6,12,15H,7-11H2,1-2H3,(H,23,24). The van der Waals surface area contributed by atoms with E-state index >= 15 is 0 Å². The number of carboxylic acid groups (broad SMARTS) is 1. The maximum atomic E-state index is 12.9. The Balaban J connectivity index is 1.88. The minimum absolute atomic E-state index is 0.133. The molecule has 6 nitrogen and oxygen atoms in total. The molecule has 7 heteroatoms.